The molecule has 0 saturated heterocycles. The van der Waals surface area contributed by atoms with Gasteiger partial charge in [0, 0.05) is 28.7 Å². The summed E-state index contributed by atoms with van der Waals surface area (Å²) >= 11 is 3.38. The van der Waals surface area contributed by atoms with Crippen LogP contribution in [-0.2, 0) is 10.0 Å². The lowest BCUT2D eigenvalue weighted by Crippen LogP contribution is -2.31. The Bertz CT molecular complexity index is 1150. The van der Waals surface area contributed by atoms with Crippen molar-refractivity contribution < 1.29 is 17.6 Å². The molecule has 31 heavy (non-hydrogen) atoms. The normalized spacial score (nSPS) is 11.6. The molecule has 0 bridgehead atoms. The summed E-state index contributed by atoms with van der Waals surface area (Å²) in [6, 6.07) is 13.1. The minimum Gasteiger partial charge on any atom is -0.403 e. The van der Waals surface area contributed by atoms with Gasteiger partial charge in [-0.15, -0.1) is 5.10 Å². The first-order valence-corrected chi connectivity index (χ1v) is 12.1. The summed E-state index contributed by atoms with van der Waals surface area (Å²) in [4.78, 5) is 12.6. The SMILES string of the molecule is CCCCN(CC)S(=O)(=O)c1ccc(C(=O)Nc2nnc(-c3cccc(Br)c3)o2)cc1. The Hall–Kier alpha value is -2.56. The first-order valence-electron chi connectivity index (χ1n) is 9.86. The van der Waals surface area contributed by atoms with E-state index in [9.17, 15) is 13.2 Å². The molecule has 10 heteroatoms. The molecule has 1 heterocycles. The van der Waals surface area contributed by atoms with E-state index >= 15 is 0 Å². The number of hydrogen-bond acceptors (Lipinski definition) is 6. The molecule has 0 aliphatic carbocycles. The largest absolute Gasteiger partial charge is 0.403 e. The molecule has 0 spiro atoms. The third-order valence-electron chi connectivity index (χ3n) is 4.59. The fraction of sp³-hybridized carbons (Fsp3) is 0.286. The van der Waals surface area contributed by atoms with E-state index in [-0.39, 0.29) is 22.4 Å². The minimum atomic E-state index is -3.60. The van der Waals surface area contributed by atoms with Crippen molar-refractivity contribution in [1.82, 2.24) is 14.5 Å². The standard InChI is InChI=1S/C21H23BrN4O4S/c1-3-5-13-26(4-2)31(28,29)18-11-9-15(10-12-18)19(27)23-21-25-24-20(30-21)16-7-6-8-17(22)14-16/h6-12,14H,3-5,13H2,1-2H3,(H,23,25,27). The van der Waals surface area contributed by atoms with Gasteiger partial charge < -0.3 is 4.42 Å². The topological polar surface area (TPSA) is 105 Å². The van der Waals surface area contributed by atoms with Crippen molar-refractivity contribution in [2.75, 3.05) is 18.4 Å². The van der Waals surface area contributed by atoms with Gasteiger partial charge in [-0.1, -0.05) is 47.4 Å². The number of benzene rings is 2. The highest BCUT2D eigenvalue weighted by Gasteiger charge is 2.23. The summed E-state index contributed by atoms with van der Waals surface area (Å²) in [7, 11) is -3.60. The molecule has 1 N–H and O–H groups in total. The molecule has 1 amide bonds. The number of nitrogens with zero attached hydrogens (tertiary/aromatic N) is 3. The van der Waals surface area contributed by atoms with Gasteiger partial charge in [0.25, 0.3) is 5.91 Å². The molecule has 0 aliphatic heterocycles. The van der Waals surface area contributed by atoms with Crippen molar-refractivity contribution in [1.29, 1.82) is 0 Å². The number of hydrogen-bond donors (Lipinski definition) is 1. The second-order valence-corrected chi connectivity index (χ2v) is 9.61. The zero-order chi connectivity index (χ0) is 22.4. The number of halogens is 1. The highest BCUT2D eigenvalue weighted by molar-refractivity contribution is 9.10. The van der Waals surface area contributed by atoms with Crippen LogP contribution in [0.3, 0.4) is 0 Å². The van der Waals surface area contributed by atoms with Crippen LogP contribution < -0.4 is 5.32 Å². The van der Waals surface area contributed by atoms with Crippen LogP contribution in [0.5, 0.6) is 0 Å². The van der Waals surface area contributed by atoms with E-state index in [0.717, 1.165) is 17.3 Å². The quantitative estimate of drug-likeness (QED) is 0.455. The molecule has 0 unspecified atom stereocenters. The van der Waals surface area contributed by atoms with E-state index in [2.05, 4.69) is 31.4 Å². The summed E-state index contributed by atoms with van der Waals surface area (Å²) in [5, 5.41) is 10.3. The highest BCUT2D eigenvalue weighted by Crippen LogP contribution is 2.23. The van der Waals surface area contributed by atoms with Crippen molar-refractivity contribution in [2.45, 2.75) is 31.6 Å². The molecule has 0 atom stereocenters. The Morgan fingerprint density at radius 3 is 2.52 bits per heavy atom. The van der Waals surface area contributed by atoms with E-state index in [4.69, 9.17) is 4.42 Å². The molecular formula is C21H23BrN4O4S. The summed E-state index contributed by atoms with van der Waals surface area (Å²) in [6.07, 6.45) is 1.70. The maximum atomic E-state index is 12.8. The Morgan fingerprint density at radius 2 is 1.87 bits per heavy atom. The van der Waals surface area contributed by atoms with Crippen molar-refractivity contribution in [3.05, 3.63) is 58.6 Å². The molecule has 3 rings (SSSR count). The lowest BCUT2D eigenvalue weighted by molar-refractivity contribution is 0.102. The van der Waals surface area contributed by atoms with E-state index in [1.165, 1.54) is 28.6 Å². The molecule has 164 valence electrons. The average Bonchev–Trinajstić information content (AvgIpc) is 3.23. The van der Waals surface area contributed by atoms with Crippen molar-refractivity contribution >= 4 is 37.9 Å². The molecule has 0 saturated carbocycles. The Labute approximate surface area is 189 Å². The predicted molar refractivity (Wildman–Crippen MR) is 121 cm³/mol. The first kappa shape index (κ1) is 23.1. The summed E-state index contributed by atoms with van der Waals surface area (Å²) < 4.78 is 33.4. The van der Waals surface area contributed by atoms with Crippen LogP contribution in [0.25, 0.3) is 11.5 Å². The Balaban J connectivity index is 1.71. The van der Waals surface area contributed by atoms with Crippen LogP contribution in [0.2, 0.25) is 0 Å². The summed E-state index contributed by atoms with van der Waals surface area (Å²) in [5.74, 6) is -0.212. The predicted octanol–water partition coefficient (Wildman–Crippen LogP) is 4.56. The Kier molecular flexibility index (Phi) is 7.58. The van der Waals surface area contributed by atoms with Gasteiger partial charge in [-0.2, -0.15) is 4.31 Å². The van der Waals surface area contributed by atoms with Crippen molar-refractivity contribution in [3.63, 3.8) is 0 Å². The fourth-order valence-corrected chi connectivity index (χ4v) is 4.78. The number of aromatic nitrogens is 2. The number of nitrogens with one attached hydrogen (secondary N) is 1. The number of carbonyl (C=O) groups excluding carboxylic acids is 1. The van der Waals surface area contributed by atoms with Gasteiger partial charge in [0.1, 0.15) is 0 Å². The van der Waals surface area contributed by atoms with Gasteiger partial charge in [0.15, 0.2) is 0 Å². The number of amides is 1. The second-order valence-electron chi connectivity index (χ2n) is 6.75. The molecule has 8 nitrogen and oxygen atoms in total. The lowest BCUT2D eigenvalue weighted by Gasteiger charge is -2.20. The van der Waals surface area contributed by atoms with Gasteiger partial charge in [-0.25, -0.2) is 8.42 Å². The molecular weight excluding hydrogens is 484 g/mol. The molecule has 2 aromatic carbocycles. The van der Waals surface area contributed by atoms with Crippen LogP contribution in [0, 0.1) is 0 Å². The van der Waals surface area contributed by atoms with E-state index in [1.54, 1.807) is 0 Å². The molecule has 3 aromatic rings. The third-order valence-corrected chi connectivity index (χ3v) is 7.07. The molecule has 0 fully saturated rings. The van der Waals surface area contributed by atoms with Crippen LogP contribution in [0.15, 0.2) is 62.3 Å². The summed E-state index contributed by atoms with van der Waals surface area (Å²) in [5.41, 5.74) is 0.984. The van der Waals surface area contributed by atoms with Crippen molar-refractivity contribution in [3.8, 4) is 11.5 Å². The second kappa shape index (κ2) is 10.2. The smallest absolute Gasteiger partial charge is 0.322 e. The number of unbranched alkanes of at least 4 members (excludes halogenated alkanes) is 1. The monoisotopic (exact) mass is 506 g/mol. The molecule has 0 aliphatic rings. The number of carbonyl (C=O) groups is 1. The van der Waals surface area contributed by atoms with Gasteiger partial charge in [-0.3, -0.25) is 10.1 Å². The van der Waals surface area contributed by atoms with Crippen LogP contribution >= 0.6 is 15.9 Å². The minimum absolute atomic E-state index is 0.0478. The van der Waals surface area contributed by atoms with Crippen LogP contribution in [0.4, 0.5) is 6.01 Å². The Morgan fingerprint density at radius 1 is 1.13 bits per heavy atom. The molecule has 0 radical (unpaired) electrons. The van der Waals surface area contributed by atoms with Crippen LogP contribution in [0.1, 0.15) is 37.0 Å². The summed E-state index contributed by atoms with van der Waals surface area (Å²) in [6.45, 7) is 4.68. The maximum absolute atomic E-state index is 12.8. The highest BCUT2D eigenvalue weighted by atomic mass is 79.9. The zero-order valence-corrected chi connectivity index (χ0v) is 19.6. The van der Waals surface area contributed by atoms with Crippen molar-refractivity contribution in [2.24, 2.45) is 0 Å². The van der Waals surface area contributed by atoms with E-state index in [1.807, 2.05) is 38.1 Å². The zero-order valence-electron chi connectivity index (χ0n) is 17.2. The number of sulfonamides is 1. The molecule has 1 aromatic heterocycles. The number of rotatable bonds is 9. The van der Waals surface area contributed by atoms with Gasteiger partial charge in [-0.05, 0) is 48.9 Å². The number of anilines is 1. The van der Waals surface area contributed by atoms with Crippen LogP contribution in [-0.4, -0.2) is 41.9 Å². The first-order chi connectivity index (χ1) is 14.8. The fourth-order valence-electron chi connectivity index (χ4n) is 2.89. The van der Waals surface area contributed by atoms with Gasteiger partial charge in [0.2, 0.25) is 15.9 Å². The maximum Gasteiger partial charge on any atom is 0.322 e. The average molecular weight is 507 g/mol. The lowest BCUT2D eigenvalue weighted by atomic mass is 10.2. The van der Waals surface area contributed by atoms with E-state index < -0.39 is 15.9 Å². The third kappa shape index (κ3) is 5.57. The van der Waals surface area contributed by atoms with E-state index in [0.29, 0.717) is 18.7 Å². The van der Waals surface area contributed by atoms with Gasteiger partial charge >= 0.3 is 6.01 Å². The van der Waals surface area contributed by atoms with Gasteiger partial charge in [0.05, 0.1) is 4.90 Å².